The molecule has 0 aliphatic heterocycles. The lowest BCUT2D eigenvalue weighted by Crippen LogP contribution is -2.18. The summed E-state index contributed by atoms with van der Waals surface area (Å²) in [6.07, 6.45) is 1.29. The van der Waals surface area contributed by atoms with Crippen molar-refractivity contribution in [3.8, 4) is 0 Å². The van der Waals surface area contributed by atoms with Crippen molar-refractivity contribution in [3.05, 3.63) is 34.5 Å². The fraction of sp³-hybridized carbons (Fsp3) is 0.250. The molecule has 108 valence electrons. The van der Waals surface area contributed by atoms with Crippen LogP contribution in [0.4, 0.5) is 11.4 Å². The summed E-state index contributed by atoms with van der Waals surface area (Å²) < 4.78 is 28.5. The largest absolute Gasteiger partial charge is 0.399 e. The Bertz CT molecular complexity index is 749. The zero-order valence-corrected chi connectivity index (χ0v) is 12.9. The SMILES string of the molecule is Cc1cc(NS(=O)(=O)c2c(Cl)cnn2C)c(C)cc1N. The Morgan fingerprint density at radius 3 is 2.50 bits per heavy atom. The molecule has 0 saturated carbocycles. The van der Waals surface area contributed by atoms with Gasteiger partial charge in [-0.1, -0.05) is 11.6 Å². The van der Waals surface area contributed by atoms with Crippen LogP contribution in [-0.2, 0) is 17.1 Å². The molecular formula is C12H15ClN4O2S. The summed E-state index contributed by atoms with van der Waals surface area (Å²) in [5.74, 6) is 0. The van der Waals surface area contributed by atoms with E-state index in [1.54, 1.807) is 19.1 Å². The number of rotatable bonds is 3. The van der Waals surface area contributed by atoms with Crippen molar-refractivity contribution in [2.24, 2.45) is 7.05 Å². The summed E-state index contributed by atoms with van der Waals surface area (Å²) in [7, 11) is -2.29. The van der Waals surface area contributed by atoms with Gasteiger partial charge in [-0.2, -0.15) is 13.5 Å². The number of sulfonamides is 1. The molecule has 2 rings (SSSR count). The van der Waals surface area contributed by atoms with E-state index in [9.17, 15) is 8.42 Å². The summed E-state index contributed by atoms with van der Waals surface area (Å²) in [5, 5.41) is 3.82. The third kappa shape index (κ3) is 2.59. The summed E-state index contributed by atoms with van der Waals surface area (Å²) in [6.45, 7) is 3.59. The zero-order chi connectivity index (χ0) is 15.1. The Hall–Kier alpha value is -1.73. The molecule has 0 unspecified atom stereocenters. The van der Waals surface area contributed by atoms with Gasteiger partial charge in [-0.15, -0.1) is 0 Å². The van der Waals surface area contributed by atoms with Gasteiger partial charge >= 0.3 is 0 Å². The smallest absolute Gasteiger partial charge is 0.280 e. The molecule has 0 amide bonds. The fourth-order valence-corrected chi connectivity index (χ4v) is 3.62. The number of hydrogen-bond acceptors (Lipinski definition) is 4. The van der Waals surface area contributed by atoms with Crippen LogP contribution in [0.5, 0.6) is 0 Å². The normalized spacial score (nSPS) is 11.6. The quantitative estimate of drug-likeness (QED) is 0.849. The maximum absolute atomic E-state index is 12.4. The first kappa shape index (κ1) is 14.7. The van der Waals surface area contributed by atoms with E-state index in [1.165, 1.54) is 17.9 Å². The van der Waals surface area contributed by atoms with Gasteiger partial charge in [0.2, 0.25) is 0 Å². The van der Waals surface area contributed by atoms with Gasteiger partial charge in [0.15, 0.2) is 5.03 Å². The molecule has 0 atom stereocenters. The maximum atomic E-state index is 12.4. The van der Waals surface area contributed by atoms with E-state index in [0.29, 0.717) is 11.4 Å². The van der Waals surface area contributed by atoms with Crippen molar-refractivity contribution < 1.29 is 8.42 Å². The first-order chi connectivity index (χ1) is 9.22. The molecule has 1 heterocycles. The maximum Gasteiger partial charge on any atom is 0.280 e. The lowest BCUT2D eigenvalue weighted by atomic mass is 10.1. The van der Waals surface area contributed by atoms with Gasteiger partial charge in [0.1, 0.15) is 0 Å². The topological polar surface area (TPSA) is 90.0 Å². The molecule has 0 aliphatic rings. The van der Waals surface area contributed by atoms with Gasteiger partial charge in [0.05, 0.1) is 16.9 Å². The Kier molecular flexibility index (Phi) is 3.66. The van der Waals surface area contributed by atoms with Gasteiger partial charge in [-0.25, -0.2) is 0 Å². The molecule has 2 aromatic rings. The molecule has 20 heavy (non-hydrogen) atoms. The Morgan fingerprint density at radius 1 is 1.30 bits per heavy atom. The second-order valence-electron chi connectivity index (χ2n) is 4.55. The second-order valence-corrected chi connectivity index (χ2v) is 6.56. The summed E-state index contributed by atoms with van der Waals surface area (Å²) in [5.41, 5.74) is 8.39. The Morgan fingerprint density at radius 2 is 1.95 bits per heavy atom. The molecule has 0 saturated heterocycles. The van der Waals surface area contributed by atoms with Gasteiger partial charge in [0, 0.05) is 12.7 Å². The number of hydrogen-bond donors (Lipinski definition) is 2. The standard InChI is InChI=1S/C12H15ClN4O2S/c1-7-5-11(8(2)4-10(7)14)16-20(18,19)12-9(13)6-15-17(12)3/h4-6,16H,14H2,1-3H3. The predicted octanol–water partition coefficient (Wildman–Crippen LogP) is 2.07. The minimum Gasteiger partial charge on any atom is -0.399 e. The number of aryl methyl sites for hydroxylation is 3. The number of benzene rings is 1. The third-order valence-electron chi connectivity index (χ3n) is 2.95. The first-order valence-electron chi connectivity index (χ1n) is 5.79. The van der Waals surface area contributed by atoms with Crippen LogP contribution in [0, 0.1) is 13.8 Å². The average molecular weight is 315 g/mol. The van der Waals surface area contributed by atoms with Gasteiger partial charge in [-0.3, -0.25) is 9.40 Å². The molecule has 8 heteroatoms. The summed E-state index contributed by atoms with van der Waals surface area (Å²) in [4.78, 5) is 0. The molecule has 0 bridgehead atoms. The molecule has 0 aliphatic carbocycles. The number of halogens is 1. The van der Waals surface area contributed by atoms with E-state index in [2.05, 4.69) is 9.82 Å². The highest BCUT2D eigenvalue weighted by Crippen LogP contribution is 2.27. The van der Waals surface area contributed by atoms with E-state index in [1.807, 2.05) is 6.92 Å². The summed E-state index contributed by atoms with van der Waals surface area (Å²) in [6, 6.07) is 3.41. The van der Waals surface area contributed by atoms with Crippen molar-refractivity contribution in [2.75, 3.05) is 10.5 Å². The average Bonchev–Trinajstić information content (AvgIpc) is 2.66. The fourth-order valence-electron chi connectivity index (χ4n) is 1.84. The third-order valence-corrected chi connectivity index (χ3v) is 4.82. The first-order valence-corrected chi connectivity index (χ1v) is 7.65. The molecule has 1 aromatic heterocycles. The van der Waals surface area contributed by atoms with E-state index >= 15 is 0 Å². The second kappa shape index (κ2) is 4.99. The van der Waals surface area contributed by atoms with Gasteiger partial charge in [0.25, 0.3) is 10.0 Å². The molecule has 0 fully saturated rings. The van der Waals surface area contributed by atoms with Crippen molar-refractivity contribution in [1.82, 2.24) is 9.78 Å². The van der Waals surface area contributed by atoms with Crippen LogP contribution in [0.25, 0.3) is 0 Å². The predicted molar refractivity (Wildman–Crippen MR) is 79.4 cm³/mol. The van der Waals surface area contributed by atoms with Crippen LogP contribution in [0.15, 0.2) is 23.4 Å². The summed E-state index contributed by atoms with van der Waals surface area (Å²) >= 11 is 5.87. The van der Waals surface area contributed by atoms with Crippen LogP contribution in [0.3, 0.4) is 0 Å². The molecule has 0 spiro atoms. The Balaban J connectivity index is 2.47. The number of aromatic nitrogens is 2. The van der Waals surface area contributed by atoms with Crippen molar-refractivity contribution >= 4 is 33.0 Å². The van der Waals surface area contributed by atoms with E-state index in [-0.39, 0.29) is 10.0 Å². The van der Waals surface area contributed by atoms with Crippen LogP contribution in [0.2, 0.25) is 5.02 Å². The molecule has 1 aromatic carbocycles. The molecular weight excluding hydrogens is 300 g/mol. The molecule has 3 N–H and O–H groups in total. The number of anilines is 2. The zero-order valence-electron chi connectivity index (χ0n) is 11.3. The lowest BCUT2D eigenvalue weighted by molar-refractivity contribution is 0.582. The minimum absolute atomic E-state index is 0.0739. The number of nitrogens with zero attached hydrogens (tertiary/aromatic N) is 2. The number of nitrogens with one attached hydrogen (secondary N) is 1. The minimum atomic E-state index is -3.81. The van der Waals surface area contributed by atoms with E-state index < -0.39 is 10.0 Å². The highest BCUT2D eigenvalue weighted by molar-refractivity contribution is 7.92. The lowest BCUT2D eigenvalue weighted by Gasteiger charge is -2.13. The van der Waals surface area contributed by atoms with Crippen molar-refractivity contribution in [2.45, 2.75) is 18.9 Å². The highest BCUT2D eigenvalue weighted by Gasteiger charge is 2.23. The van der Waals surface area contributed by atoms with Crippen LogP contribution in [0.1, 0.15) is 11.1 Å². The van der Waals surface area contributed by atoms with Crippen LogP contribution < -0.4 is 10.5 Å². The number of nitrogen functional groups attached to an aromatic ring is 1. The Labute approximate surface area is 122 Å². The van der Waals surface area contributed by atoms with Crippen LogP contribution >= 0.6 is 11.6 Å². The monoisotopic (exact) mass is 314 g/mol. The molecule has 6 nitrogen and oxygen atoms in total. The van der Waals surface area contributed by atoms with Crippen molar-refractivity contribution in [3.63, 3.8) is 0 Å². The van der Waals surface area contributed by atoms with Crippen molar-refractivity contribution in [1.29, 1.82) is 0 Å². The van der Waals surface area contributed by atoms with Crippen LogP contribution in [-0.4, -0.2) is 18.2 Å². The molecule has 0 radical (unpaired) electrons. The van der Waals surface area contributed by atoms with E-state index in [0.717, 1.165) is 11.1 Å². The van der Waals surface area contributed by atoms with E-state index in [4.69, 9.17) is 17.3 Å². The number of nitrogens with two attached hydrogens (primary N) is 1. The van der Waals surface area contributed by atoms with Gasteiger partial charge < -0.3 is 5.73 Å². The highest BCUT2D eigenvalue weighted by atomic mass is 35.5. The van der Waals surface area contributed by atoms with Gasteiger partial charge in [-0.05, 0) is 37.1 Å².